The summed E-state index contributed by atoms with van der Waals surface area (Å²) in [6, 6.07) is -1.36. The number of halogens is 2. The van der Waals surface area contributed by atoms with E-state index in [2.05, 4.69) is 10.1 Å². The van der Waals surface area contributed by atoms with Crippen molar-refractivity contribution in [2.75, 3.05) is 31.4 Å². The van der Waals surface area contributed by atoms with E-state index in [4.69, 9.17) is 5.11 Å². The number of hydrogen-bond donors (Lipinski definition) is 2. The number of amides is 2. The van der Waals surface area contributed by atoms with E-state index in [0.29, 0.717) is 11.6 Å². The van der Waals surface area contributed by atoms with Gasteiger partial charge < -0.3 is 20.1 Å². The molecule has 6 nitrogen and oxygen atoms in total. The van der Waals surface area contributed by atoms with Crippen LogP contribution in [0.15, 0.2) is 0 Å². The van der Waals surface area contributed by atoms with E-state index >= 15 is 0 Å². The van der Waals surface area contributed by atoms with Crippen LogP contribution < -0.4 is 5.32 Å². The summed E-state index contributed by atoms with van der Waals surface area (Å²) < 4.78 is 28.0. The fourth-order valence-corrected chi connectivity index (χ4v) is 2.50. The lowest BCUT2D eigenvalue weighted by atomic mass is 10.3. The smallest absolute Gasteiger partial charge is 0.327 e. The lowest BCUT2D eigenvalue weighted by Gasteiger charge is -2.20. The summed E-state index contributed by atoms with van der Waals surface area (Å²) in [5.41, 5.74) is 0. The van der Waals surface area contributed by atoms with Crippen molar-refractivity contribution in [2.24, 2.45) is 0 Å². The third kappa shape index (κ3) is 4.65. The molecule has 1 aliphatic heterocycles. The summed E-state index contributed by atoms with van der Waals surface area (Å²) in [7, 11) is 0. The van der Waals surface area contributed by atoms with Gasteiger partial charge in [0.2, 0.25) is 0 Å². The van der Waals surface area contributed by atoms with Crippen molar-refractivity contribution in [1.82, 2.24) is 10.2 Å². The summed E-state index contributed by atoms with van der Waals surface area (Å²) in [6.45, 7) is -0.638. The number of aliphatic carboxylic acids is 1. The lowest BCUT2D eigenvalue weighted by molar-refractivity contribution is -0.140. The number of ether oxygens (including phenoxy) is 1. The molecule has 9 heteroatoms. The Balaban J connectivity index is 2.22. The van der Waals surface area contributed by atoms with Crippen molar-refractivity contribution in [1.29, 1.82) is 0 Å². The summed E-state index contributed by atoms with van der Waals surface area (Å²) in [5, 5.41) is 11.3. The minimum atomic E-state index is -2.54. The zero-order valence-electron chi connectivity index (χ0n) is 9.47. The van der Waals surface area contributed by atoms with Gasteiger partial charge in [0.15, 0.2) is 0 Å². The van der Waals surface area contributed by atoms with Crippen molar-refractivity contribution in [3.05, 3.63) is 0 Å². The van der Waals surface area contributed by atoms with Crippen LogP contribution >= 0.6 is 11.8 Å². The molecule has 1 saturated heterocycles. The van der Waals surface area contributed by atoms with Gasteiger partial charge in [-0.15, -0.1) is 11.8 Å². The zero-order valence-corrected chi connectivity index (χ0v) is 10.3. The number of nitrogens with zero attached hydrogens (tertiary/aromatic N) is 1. The molecule has 2 N–H and O–H groups in total. The second-order valence-electron chi connectivity index (χ2n) is 3.52. The average molecular weight is 284 g/mol. The minimum absolute atomic E-state index is 0.0329. The normalized spacial score (nSPS) is 19.3. The van der Waals surface area contributed by atoms with Crippen molar-refractivity contribution in [3.8, 4) is 0 Å². The van der Waals surface area contributed by atoms with E-state index < -0.39 is 31.1 Å². The van der Waals surface area contributed by atoms with Gasteiger partial charge in [0.25, 0.3) is 6.43 Å². The first-order valence-corrected chi connectivity index (χ1v) is 6.38. The zero-order chi connectivity index (χ0) is 13.5. The Labute approximate surface area is 107 Å². The quantitative estimate of drug-likeness (QED) is 0.692. The van der Waals surface area contributed by atoms with Crippen molar-refractivity contribution in [3.63, 3.8) is 0 Å². The molecule has 0 aliphatic carbocycles. The largest absolute Gasteiger partial charge is 0.480 e. The van der Waals surface area contributed by atoms with Crippen LogP contribution in [-0.2, 0) is 9.53 Å². The molecular weight excluding hydrogens is 270 g/mol. The number of alkyl halides is 2. The monoisotopic (exact) mass is 284 g/mol. The maximum Gasteiger partial charge on any atom is 0.327 e. The molecule has 0 bridgehead atoms. The van der Waals surface area contributed by atoms with E-state index in [0.717, 1.165) is 0 Å². The second-order valence-corrected chi connectivity index (χ2v) is 4.52. The maximum absolute atomic E-state index is 11.7. The van der Waals surface area contributed by atoms with Crippen LogP contribution in [0.5, 0.6) is 0 Å². The van der Waals surface area contributed by atoms with Gasteiger partial charge in [-0.1, -0.05) is 0 Å². The molecule has 1 heterocycles. The minimum Gasteiger partial charge on any atom is -0.480 e. The molecular formula is C9H14F2N2O4S. The van der Waals surface area contributed by atoms with Crippen LogP contribution in [0.2, 0.25) is 0 Å². The predicted octanol–water partition coefficient (Wildman–Crippen LogP) is 0.437. The SMILES string of the molecule is O=C(O)C1CSCN1C(=O)NCCOCC(F)F. The molecule has 2 amide bonds. The van der Waals surface area contributed by atoms with E-state index in [1.807, 2.05) is 0 Å². The van der Waals surface area contributed by atoms with Gasteiger partial charge in [-0.3, -0.25) is 0 Å². The molecule has 0 aromatic heterocycles. The Bertz CT molecular complexity index is 306. The molecule has 0 aromatic rings. The molecule has 0 aromatic carbocycles. The molecule has 1 rings (SSSR count). The van der Waals surface area contributed by atoms with Crippen molar-refractivity contribution in [2.45, 2.75) is 12.5 Å². The number of carboxylic acids is 1. The van der Waals surface area contributed by atoms with E-state index in [1.54, 1.807) is 0 Å². The number of hydrogen-bond acceptors (Lipinski definition) is 4. The van der Waals surface area contributed by atoms with E-state index in [1.165, 1.54) is 16.7 Å². The third-order valence-corrected chi connectivity index (χ3v) is 3.21. The first kappa shape index (κ1) is 15.0. The Morgan fingerprint density at radius 3 is 2.89 bits per heavy atom. The summed E-state index contributed by atoms with van der Waals surface area (Å²) >= 11 is 1.35. The number of thioether (sulfide) groups is 1. The van der Waals surface area contributed by atoms with E-state index in [-0.39, 0.29) is 13.2 Å². The fraction of sp³-hybridized carbons (Fsp3) is 0.778. The van der Waals surface area contributed by atoms with Gasteiger partial charge in [-0.05, 0) is 0 Å². The van der Waals surface area contributed by atoms with E-state index in [9.17, 15) is 18.4 Å². The Kier molecular flexibility index (Phi) is 6.13. The molecule has 104 valence electrons. The summed E-state index contributed by atoms with van der Waals surface area (Å²) in [6.07, 6.45) is -2.54. The second kappa shape index (κ2) is 7.37. The van der Waals surface area contributed by atoms with Crippen LogP contribution in [0.1, 0.15) is 0 Å². The summed E-state index contributed by atoms with van der Waals surface area (Å²) in [4.78, 5) is 23.6. The van der Waals surface area contributed by atoms with Gasteiger partial charge in [0.05, 0.1) is 12.5 Å². The maximum atomic E-state index is 11.7. The van der Waals surface area contributed by atoms with Crippen LogP contribution in [0.4, 0.5) is 13.6 Å². The molecule has 18 heavy (non-hydrogen) atoms. The Morgan fingerprint density at radius 2 is 2.28 bits per heavy atom. The van der Waals surface area contributed by atoms with Crippen LogP contribution in [0.25, 0.3) is 0 Å². The highest BCUT2D eigenvalue weighted by atomic mass is 32.2. The molecule has 1 atom stereocenters. The van der Waals surface area contributed by atoms with Gasteiger partial charge in [0, 0.05) is 12.3 Å². The Hall–Kier alpha value is -1.09. The topological polar surface area (TPSA) is 78.9 Å². The van der Waals surface area contributed by atoms with Crippen LogP contribution in [0, 0.1) is 0 Å². The lowest BCUT2D eigenvalue weighted by Crippen LogP contribution is -2.47. The predicted molar refractivity (Wildman–Crippen MR) is 60.8 cm³/mol. The van der Waals surface area contributed by atoms with Crippen molar-refractivity contribution < 1.29 is 28.2 Å². The average Bonchev–Trinajstić information content (AvgIpc) is 2.76. The standard InChI is InChI=1S/C9H14F2N2O4S/c10-7(11)3-17-2-1-12-9(16)13-5-18-4-6(13)8(14)15/h6-7H,1-5H2,(H,12,16)(H,14,15). The molecule has 0 radical (unpaired) electrons. The van der Waals surface area contributed by atoms with Gasteiger partial charge in [-0.2, -0.15) is 0 Å². The number of carbonyl (C=O) groups excluding carboxylic acids is 1. The molecule has 0 saturated carbocycles. The van der Waals surface area contributed by atoms with Gasteiger partial charge in [-0.25, -0.2) is 18.4 Å². The highest BCUT2D eigenvalue weighted by Gasteiger charge is 2.34. The van der Waals surface area contributed by atoms with Crippen LogP contribution in [-0.4, -0.2) is 65.9 Å². The third-order valence-electron chi connectivity index (χ3n) is 2.19. The molecule has 0 spiro atoms. The van der Waals surface area contributed by atoms with Crippen molar-refractivity contribution >= 4 is 23.8 Å². The van der Waals surface area contributed by atoms with Crippen LogP contribution in [0.3, 0.4) is 0 Å². The number of carbonyl (C=O) groups is 2. The highest BCUT2D eigenvalue weighted by Crippen LogP contribution is 2.20. The molecule has 1 fully saturated rings. The van der Waals surface area contributed by atoms with Gasteiger partial charge in [0.1, 0.15) is 12.6 Å². The first-order valence-electron chi connectivity index (χ1n) is 5.23. The Morgan fingerprint density at radius 1 is 1.56 bits per heavy atom. The molecule has 1 unspecified atom stereocenters. The van der Waals surface area contributed by atoms with Gasteiger partial charge >= 0.3 is 12.0 Å². The number of nitrogens with one attached hydrogen (secondary N) is 1. The number of carboxylic acid groups (broad SMARTS) is 1. The fourth-order valence-electron chi connectivity index (χ4n) is 1.35. The highest BCUT2D eigenvalue weighted by molar-refractivity contribution is 7.99. The summed E-state index contributed by atoms with van der Waals surface area (Å²) in [5.74, 6) is -0.394. The first-order chi connectivity index (χ1) is 8.52. The number of urea groups is 1. The molecule has 1 aliphatic rings. The number of rotatable bonds is 6.